The Kier molecular flexibility index (Phi) is 7.11. The van der Waals surface area contributed by atoms with Crippen LogP contribution in [-0.4, -0.2) is 69.8 Å². The first-order valence-corrected chi connectivity index (χ1v) is 12.7. The van der Waals surface area contributed by atoms with Crippen molar-refractivity contribution < 1.29 is 27.8 Å². The van der Waals surface area contributed by atoms with E-state index in [1.54, 1.807) is 0 Å². The first-order valence-electron chi connectivity index (χ1n) is 12.7. The van der Waals surface area contributed by atoms with Crippen LogP contribution < -0.4 is 15.0 Å². The van der Waals surface area contributed by atoms with E-state index < -0.39 is 11.9 Å². The van der Waals surface area contributed by atoms with Gasteiger partial charge in [-0.3, -0.25) is 4.79 Å². The Morgan fingerprint density at radius 2 is 1.92 bits per heavy atom. The van der Waals surface area contributed by atoms with Crippen molar-refractivity contribution in [2.45, 2.75) is 63.4 Å². The van der Waals surface area contributed by atoms with Gasteiger partial charge >= 0.3 is 6.18 Å². The molecule has 12 heteroatoms. The lowest BCUT2D eigenvalue weighted by Crippen LogP contribution is -2.38. The maximum atomic E-state index is 13.1. The van der Waals surface area contributed by atoms with Crippen LogP contribution in [0.25, 0.3) is 0 Å². The second-order valence-corrected chi connectivity index (χ2v) is 9.96. The summed E-state index contributed by atoms with van der Waals surface area (Å²) in [5.74, 6) is 0.738. The molecular formula is C25H31F3N6O3. The third-order valence-corrected chi connectivity index (χ3v) is 7.55. The maximum absolute atomic E-state index is 13.1. The molecule has 0 bridgehead atoms. The molecule has 2 aromatic rings. The van der Waals surface area contributed by atoms with E-state index in [1.807, 2.05) is 9.80 Å². The van der Waals surface area contributed by atoms with Crippen LogP contribution in [0.5, 0.6) is 5.88 Å². The van der Waals surface area contributed by atoms with Crippen LogP contribution in [0.4, 0.5) is 24.7 Å². The van der Waals surface area contributed by atoms with Gasteiger partial charge in [0.25, 0.3) is 0 Å². The number of anilines is 2. The van der Waals surface area contributed by atoms with Crippen LogP contribution in [0.3, 0.4) is 0 Å². The summed E-state index contributed by atoms with van der Waals surface area (Å²) in [6.07, 6.45) is 0.864. The zero-order valence-corrected chi connectivity index (χ0v) is 20.7. The van der Waals surface area contributed by atoms with Gasteiger partial charge in [-0.1, -0.05) is 0 Å². The smallest absolute Gasteiger partial charge is 0.433 e. The van der Waals surface area contributed by atoms with Crippen molar-refractivity contribution in [1.29, 1.82) is 0 Å². The van der Waals surface area contributed by atoms with E-state index in [1.165, 1.54) is 19.5 Å². The molecule has 2 aromatic heterocycles. The molecule has 1 amide bonds. The van der Waals surface area contributed by atoms with Crippen molar-refractivity contribution in [1.82, 2.24) is 19.9 Å². The number of pyridine rings is 1. The first kappa shape index (κ1) is 25.5. The van der Waals surface area contributed by atoms with Crippen molar-refractivity contribution in [2.75, 3.05) is 37.0 Å². The number of amides is 1. The van der Waals surface area contributed by atoms with Crippen molar-refractivity contribution in [3.8, 4) is 5.88 Å². The van der Waals surface area contributed by atoms with Gasteiger partial charge in [0.1, 0.15) is 23.5 Å². The predicted octanol–water partition coefficient (Wildman–Crippen LogP) is 3.03. The van der Waals surface area contributed by atoms with E-state index in [4.69, 9.17) is 4.74 Å². The van der Waals surface area contributed by atoms with E-state index in [0.717, 1.165) is 36.6 Å². The predicted molar refractivity (Wildman–Crippen MR) is 129 cm³/mol. The number of hydrogen-bond donors (Lipinski definition) is 2. The Balaban J connectivity index is 1.28. The van der Waals surface area contributed by atoms with Crippen LogP contribution in [0.2, 0.25) is 0 Å². The molecule has 37 heavy (non-hydrogen) atoms. The average molecular weight is 521 g/mol. The van der Waals surface area contributed by atoms with Gasteiger partial charge in [-0.05, 0) is 44.2 Å². The number of likely N-dealkylation sites (tertiary alicyclic amines) is 1. The van der Waals surface area contributed by atoms with Crippen LogP contribution in [0.1, 0.15) is 49.1 Å². The first-order chi connectivity index (χ1) is 17.7. The molecule has 3 aliphatic rings. The molecule has 200 valence electrons. The lowest BCUT2D eigenvalue weighted by molar-refractivity contribution is -0.141. The van der Waals surface area contributed by atoms with Gasteiger partial charge in [-0.2, -0.15) is 13.2 Å². The Labute approximate surface area is 213 Å². The molecule has 1 aliphatic carbocycles. The number of ether oxygens (including phenoxy) is 1. The molecule has 0 radical (unpaired) electrons. The molecule has 4 heterocycles. The fourth-order valence-corrected chi connectivity index (χ4v) is 5.51. The van der Waals surface area contributed by atoms with Gasteiger partial charge in [0.2, 0.25) is 11.8 Å². The van der Waals surface area contributed by atoms with E-state index >= 15 is 0 Å². The number of aromatic nitrogens is 3. The number of methoxy groups -OCH3 is 1. The maximum Gasteiger partial charge on any atom is 0.433 e. The minimum Gasteiger partial charge on any atom is -0.480 e. The quantitative estimate of drug-likeness (QED) is 0.620. The highest BCUT2D eigenvalue weighted by Crippen LogP contribution is 2.36. The third kappa shape index (κ3) is 5.43. The number of fused-ring (bicyclic) bond motifs is 1. The SMILES string of the molecule is COc1nc(C(F)(F)F)ccc1N1CCc2ncnc(N[C@H]3CCN(C(=O)C4CCC(O)CC4)C3)c2C1. The number of halogens is 3. The Morgan fingerprint density at radius 3 is 2.65 bits per heavy atom. The number of rotatable bonds is 5. The van der Waals surface area contributed by atoms with Crippen molar-refractivity contribution in [3.05, 3.63) is 35.4 Å². The molecule has 2 aliphatic heterocycles. The number of nitrogens with zero attached hydrogens (tertiary/aromatic N) is 5. The average Bonchev–Trinajstić information content (AvgIpc) is 3.36. The monoisotopic (exact) mass is 520 g/mol. The van der Waals surface area contributed by atoms with Crippen LogP contribution in [0, 0.1) is 5.92 Å². The summed E-state index contributed by atoms with van der Waals surface area (Å²) in [5, 5.41) is 13.2. The molecule has 0 spiro atoms. The summed E-state index contributed by atoms with van der Waals surface area (Å²) in [6, 6.07) is 2.39. The zero-order chi connectivity index (χ0) is 26.2. The minimum absolute atomic E-state index is 0.0187. The van der Waals surface area contributed by atoms with Gasteiger partial charge in [-0.15, -0.1) is 0 Å². The second-order valence-electron chi connectivity index (χ2n) is 9.96. The van der Waals surface area contributed by atoms with Gasteiger partial charge in [-0.25, -0.2) is 15.0 Å². The fraction of sp³-hybridized carbons (Fsp3) is 0.600. The molecule has 5 rings (SSSR count). The topological polar surface area (TPSA) is 104 Å². The van der Waals surface area contributed by atoms with E-state index in [2.05, 4.69) is 20.3 Å². The lowest BCUT2D eigenvalue weighted by atomic mass is 9.86. The minimum atomic E-state index is -4.56. The van der Waals surface area contributed by atoms with E-state index in [9.17, 15) is 23.1 Å². The van der Waals surface area contributed by atoms with Crippen molar-refractivity contribution >= 4 is 17.4 Å². The number of aliphatic hydroxyl groups excluding tert-OH is 1. The lowest BCUT2D eigenvalue weighted by Gasteiger charge is -2.32. The number of carbonyl (C=O) groups is 1. The van der Waals surface area contributed by atoms with Gasteiger partial charge in [0.05, 0.1) is 18.9 Å². The van der Waals surface area contributed by atoms with Gasteiger partial charge in [0.15, 0.2) is 0 Å². The second kappa shape index (κ2) is 10.3. The summed E-state index contributed by atoms with van der Waals surface area (Å²) in [4.78, 5) is 29.4. The summed E-state index contributed by atoms with van der Waals surface area (Å²) >= 11 is 0. The molecule has 1 saturated heterocycles. The number of alkyl halides is 3. The zero-order valence-electron chi connectivity index (χ0n) is 20.7. The number of nitrogens with one attached hydrogen (secondary N) is 1. The van der Waals surface area contributed by atoms with Crippen molar-refractivity contribution in [2.24, 2.45) is 5.92 Å². The largest absolute Gasteiger partial charge is 0.480 e. The molecule has 1 saturated carbocycles. The summed E-state index contributed by atoms with van der Waals surface area (Å²) < 4.78 is 44.6. The summed E-state index contributed by atoms with van der Waals surface area (Å²) in [6.45, 7) is 2.19. The Morgan fingerprint density at radius 1 is 1.14 bits per heavy atom. The summed E-state index contributed by atoms with van der Waals surface area (Å²) in [7, 11) is 1.31. The Hall–Kier alpha value is -3.15. The van der Waals surface area contributed by atoms with Gasteiger partial charge in [0, 0.05) is 50.1 Å². The number of hydrogen-bond acceptors (Lipinski definition) is 8. The van der Waals surface area contributed by atoms with Crippen LogP contribution in [-0.2, 0) is 23.9 Å². The standard InChI is InChI=1S/C25H31F3N6O3/c1-37-23-20(6-7-21(32-23)25(26,27)28)33-11-9-19-18(13-33)22(30-14-29-19)31-16-8-10-34(12-16)24(36)15-2-4-17(35)5-3-15/h6-7,14-17,35H,2-5,8-13H2,1H3,(H,29,30,31)/t15?,16-,17?/m0/s1. The molecule has 2 N–H and O–H groups in total. The summed E-state index contributed by atoms with van der Waals surface area (Å²) in [5.41, 5.74) is 1.24. The van der Waals surface area contributed by atoms with Crippen molar-refractivity contribution in [3.63, 3.8) is 0 Å². The highest BCUT2D eigenvalue weighted by atomic mass is 19.4. The molecule has 0 aromatic carbocycles. The van der Waals surface area contributed by atoms with Gasteiger partial charge < -0.3 is 25.0 Å². The highest BCUT2D eigenvalue weighted by molar-refractivity contribution is 5.79. The van der Waals surface area contributed by atoms with Crippen LogP contribution >= 0.6 is 0 Å². The third-order valence-electron chi connectivity index (χ3n) is 7.55. The number of carbonyl (C=O) groups excluding carboxylic acids is 1. The molecular weight excluding hydrogens is 489 g/mol. The fourth-order valence-electron chi connectivity index (χ4n) is 5.51. The van der Waals surface area contributed by atoms with E-state index in [-0.39, 0.29) is 29.9 Å². The molecule has 0 unspecified atom stereocenters. The highest BCUT2D eigenvalue weighted by Gasteiger charge is 2.35. The molecule has 2 fully saturated rings. The number of aliphatic hydroxyl groups is 1. The normalized spacial score (nSPS) is 24.1. The molecule has 9 nitrogen and oxygen atoms in total. The van der Waals surface area contributed by atoms with Crippen LogP contribution in [0.15, 0.2) is 18.5 Å². The molecule has 1 atom stereocenters. The Bertz CT molecular complexity index is 1140. The van der Waals surface area contributed by atoms with E-state index in [0.29, 0.717) is 56.9 Å².